The summed E-state index contributed by atoms with van der Waals surface area (Å²) < 4.78 is 52.1. The summed E-state index contributed by atoms with van der Waals surface area (Å²) in [4.78, 5) is 27.8. The molecule has 0 unspecified atom stereocenters. The van der Waals surface area contributed by atoms with Crippen LogP contribution in [-0.2, 0) is 4.79 Å². The summed E-state index contributed by atoms with van der Waals surface area (Å²) in [6, 6.07) is 1.64. The first kappa shape index (κ1) is 22.7. The molecule has 172 valence electrons. The topological polar surface area (TPSA) is 95.6 Å². The Morgan fingerprint density at radius 3 is 2.58 bits per heavy atom. The summed E-state index contributed by atoms with van der Waals surface area (Å²) in [5.74, 6) is -1.94. The van der Waals surface area contributed by atoms with Crippen molar-refractivity contribution >= 4 is 34.4 Å². The van der Waals surface area contributed by atoms with Gasteiger partial charge in [0.1, 0.15) is 17.7 Å². The number of pyridine rings is 1. The maximum absolute atomic E-state index is 14.5. The molecule has 3 aromatic heterocycles. The molecule has 0 atom stereocenters. The van der Waals surface area contributed by atoms with E-state index >= 15 is 0 Å². The average molecular weight is 465 g/mol. The van der Waals surface area contributed by atoms with E-state index in [0.29, 0.717) is 21.6 Å². The second kappa shape index (κ2) is 8.66. The monoisotopic (exact) mass is 464 g/mol. The Balaban J connectivity index is 0.00000363. The Labute approximate surface area is 184 Å². The highest BCUT2D eigenvalue weighted by molar-refractivity contribution is 6.31. The van der Waals surface area contributed by atoms with E-state index in [9.17, 15) is 22.4 Å². The molecule has 0 spiro atoms. The van der Waals surface area contributed by atoms with E-state index in [4.69, 9.17) is 11.6 Å². The molecule has 0 radical (unpaired) electrons. The van der Waals surface area contributed by atoms with Gasteiger partial charge in [0, 0.05) is 27.6 Å². The second-order valence-corrected chi connectivity index (χ2v) is 7.29. The third kappa shape index (κ3) is 4.87. The maximum atomic E-state index is 14.5. The van der Waals surface area contributed by atoms with E-state index in [1.54, 1.807) is 26.1 Å². The van der Waals surface area contributed by atoms with Gasteiger partial charge in [0.15, 0.2) is 17.5 Å². The van der Waals surface area contributed by atoms with Crippen LogP contribution in [0, 0.1) is 5.82 Å². The van der Waals surface area contributed by atoms with Crippen LogP contribution >= 0.6 is 11.6 Å². The van der Waals surface area contributed by atoms with Crippen LogP contribution in [0.15, 0.2) is 24.7 Å². The number of aromatic nitrogens is 4. The van der Waals surface area contributed by atoms with Crippen molar-refractivity contribution in [1.29, 1.82) is 0 Å². The minimum atomic E-state index is -4.57. The summed E-state index contributed by atoms with van der Waals surface area (Å²) in [6.45, 7) is 1.73. The molecule has 3 N–H and O–H groups in total. The van der Waals surface area contributed by atoms with Gasteiger partial charge in [0.2, 0.25) is 5.91 Å². The number of amides is 1. The number of nitrogens with one attached hydrogen (secondary N) is 3. The van der Waals surface area contributed by atoms with Gasteiger partial charge in [-0.2, -0.15) is 13.2 Å². The number of nitrogens with zero attached hydrogens (tertiary/aromatic N) is 3. The fraction of sp³-hybridized carbons (Fsp3) is 0.368. The van der Waals surface area contributed by atoms with Crippen molar-refractivity contribution in [2.45, 2.75) is 38.4 Å². The van der Waals surface area contributed by atoms with Gasteiger partial charge in [-0.05, 0) is 18.9 Å². The molecule has 0 aromatic carbocycles. The van der Waals surface area contributed by atoms with Gasteiger partial charge < -0.3 is 15.6 Å². The zero-order chi connectivity index (χ0) is 22.8. The minimum absolute atomic E-state index is 0. The lowest BCUT2D eigenvalue weighted by Crippen LogP contribution is -2.53. The molecule has 0 fully saturated rings. The van der Waals surface area contributed by atoms with E-state index in [-0.39, 0.29) is 28.8 Å². The number of hydrogen-bond donors (Lipinski definition) is 3. The molecule has 0 aliphatic rings. The van der Waals surface area contributed by atoms with E-state index in [0.717, 1.165) is 6.20 Å². The predicted octanol–water partition coefficient (Wildman–Crippen LogP) is 5.20. The van der Waals surface area contributed by atoms with Crippen LogP contribution < -0.4 is 10.6 Å². The van der Waals surface area contributed by atoms with Crippen LogP contribution in [-0.4, -0.2) is 44.1 Å². The van der Waals surface area contributed by atoms with Gasteiger partial charge in [0.05, 0.1) is 11.2 Å². The molecule has 0 saturated heterocycles. The summed E-state index contributed by atoms with van der Waals surface area (Å²) in [5.41, 5.74) is -0.485. The third-order valence-corrected chi connectivity index (χ3v) is 5.14. The molecule has 12 heteroatoms. The smallest absolute Gasteiger partial charge is 0.353 e. The van der Waals surface area contributed by atoms with Crippen LogP contribution in [0.3, 0.4) is 0 Å². The fourth-order valence-corrected chi connectivity index (χ4v) is 3.29. The molecule has 3 rings (SSSR count). The zero-order valence-electron chi connectivity index (χ0n) is 16.6. The highest BCUT2D eigenvalue weighted by Crippen LogP contribution is 2.30. The minimum Gasteiger partial charge on any atom is -0.353 e. The van der Waals surface area contributed by atoms with Crippen molar-refractivity contribution < 1.29 is 26.6 Å². The first-order valence-corrected chi connectivity index (χ1v) is 9.75. The van der Waals surface area contributed by atoms with E-state index in [1.165, 1.54) is 6.20 Å². The van der Waals surface area contributed by atoms with Gasteiger partial charge in [-0.15, -0.1) is 0 Å². The number of carbonyl (C=O) groups is 1. The van der Waals surface area contributed by atoms with Crippen molar-refractivity contribution in [3.05, 3.63) is 35.5 Å². The van der Waals surface area contributed by atoms with E-state index < -0.39 is 30.0 Å². The summed E-state index contributed by atoms with van der Waals surface area (Å²) in [6.07, 6.45) is -0.420. The number of hydrogen-bond acceptors (Lipinski definition) is 5. The van der Waals surface area contributed by atoms with Gasteiger partial charge in [-0.1, -0.05) is 25.4 Å². The van der Waals surface area contributed by atoms with Crippen LogP contribution in [0.1, 0.15) is 31.0 Å². The largest absolute Gasteiger partial charge is 0.405 e. The average Bonchev–Trinajstić information content (AvgIpc) is 3.14. The first-order chi connectivity index (χ1) is 14.6. The lowest BCUT2D eigenvalue weighted by molar-refractivity contribution is -0.141. The number of carbonyl (C=O) groups excluding carboxylic acids is 1. The maximum Gasteiger partial charge on any atom is 0.405 e. The lowest BCUT2D eigenvalue weighted by atomic mass is 9.91. The van der Waals surface area contributed by atoms with Crippen molar-refractivity contribution in [2.24, 2.45) is 0 Å². The molecule has 0 aliphatic carbocycles. The SMILES string of the molecule is CCC(CC)(Nc1nc(-c2c[nH]c3ncc(Cl)cc23)ncc1F)C(=O)NCC(F)(F)F.[HH].[HH].[HH]. The molecule has 1 amide bonds. The number of rotatable bonds is 7. The van der Waals surface area contributed by atoms with Gasteiger partial charge in [-0.25, -0.2) is 19.3 Å². The molecule has 31 heavy (non-hydrogen) atoms. The molecule has 7 nitrogen and oxygen atoms in total. The van der Waals surface area contributed by atoms with Gasteiger partial charge >= 0.3 is 6.18 Å². The first-order valence-electron chi connectivity index (χ1n) is 9.37. The van der Waals surface area contributed by atoms with Gasteiger partial charge in [-0.3, -0.25) is 4.79 Å². The normalized spacial score (nSPS) is 12.2. The Kier molecular flexibility index (Phi) is 6.35. The Morgan fingerprint density at radius 1 is 1.23 bits per heavy atom. The highest BCUT2D eigenvalue weighted by atomic mass is 35.5. The zero-order valence-corrected chi connectivity index (χ0v) is 17.3. The lowest BCUT2D eigenvalue weighted by Gasteiger charge is -2.32. The fourth-order valence-electron chi connectivity index (χ4n) is 3.13. The number of fused-ring (bicyclic) bond motifs is 1. The number of H-pyrrole nitrogens is 1. The Hall–Kier alpha value is -2.95. The highest BCUT2D eigenvalue weighted by Gasteiger charge is 2.38. The quantitative estimate of drug-likeness (QED) is 0.418. The van der Waals surface area contributed by atoms with Crippen LogP contribution in [0.5, 0.6) is 0 Å². The standard InChI is InChI=1S/C19H19ClF4N6O.3H2/c1-3-18(4-2,17(31)28-9-19(22,23)24)30-16-13(21)8-27-15(29-16)12-7-26-14-11(12)5-10(20)6-25-14;;;/h5-8H,3-4,9H2,1-2H3,(H,25,26)(H,28,31)(H,27,29,30);3*1H. The Morgan fingerprint density at radius 2 is 1.94 bits per heavy atom. The van der Waals surface area contributed by atoms with Crippen LogP contribution in [0.2, 0.25) is 5.02 Å². The summed E-state index contributed by atoms with van der Waals surface area (Å²) >= 11 is 6.00. The van der Waals surface area contributed by atoms with Crippen molar-refractivity contribution in [3.63, 3.8) is 0 Å². The number of aromatic amines is 1. The molecule has 0 saturated carbocycles. The Bertz CT molecular complexity index is 1110. The van der Waals surface area contributed by atoms with Gasteiger partial charge in [0.25, 0.3) is 0 Å². The summed E-state index contributed by atoms with van der Waals surface area (Å²) in [7, 11) is 0. The predicted molar refractivity (Wildman–Crippen MR) is 114 cm³/mol. The van der Waals surface area contributed by atoms with E-state index in [2.05, 4.69) is 25.3 Å². The number of alkyl halides is 3. The molecular formula is C19H25ClF4N6O. The van der Waals surface area contributed by atoms with Crippen LogP contribution in [0.4, 0.5) is 23.4 Å². The van der Waals surface area contributed by atoms with Crippen molar-refractivity contribution in [1.82, 2.24) is 25.3 Å². The number of anilines is 1. The van der Waals surface area contributed by atoms with Crippen LogP contribution in [0.25, 0.3) is 22.4 Å². The van der Waals surface area contributed by atoms with Crippen molar-refractivity contribution in [3.8, 4) is 11.4 Å². The van der Waals surface area contributed by atoms with E-state index in [1.807, 2.05) is 5.32 Å². The van der Waals surface area contributed by atoms with Crippen molar-refractivity contribution in [2.75, 3.05) is 11.9 Å². The summed E-state index contributed by atoms with van der Waals surface area (Å²) in [5, 5.41) is 5.54. The number of halogens is 5. The molecular weight excluding hydrogens is 440 g/mol. The molecule has 3 aromatic rings. The molecule has 0 bridgehead atoms. The second-order valence-electron chi connectivity index (χ2n) is 6.85. The molecule has 3 heterocycles. The third-order valence-electron chi connectivity index (χ3n) is 4.93. The molecule has 0 aliphatic heterocycles.